The van der Waals surface area contributed by atoms with Crippen molar-refractivity contribution in [2.45, 2.75) is 6.54 Å². The Morgan fingerprint density at radius 3 is 2.67 bits per heavy atom. The van der Waals surface area contributed by atoms with Gasteiger partial charge < -0.3 is 5.32 Å². The molecule has 6 heteroatoms. The monoisotopic (exact) mass is 336 g/mol. The molecule has 3 aromatic heterocycles. The molecule has 0 aliphatic heterocycles. The van der Waals surface area contributed by atoms with Crippen LogP contribution in [0, 0.1) is 5.82 Å². The molecule has 0 atom stereocenters. The van der Waals surface area contributed by atoms with Crippen molar-refractivity contribution in [2.75, 3.05) is 5.32 Å². The number of rotatable bonds is 4. The molecule has 0 amide bonds. The fraction of sp³-hybridized carbons (Fsp3) is 0.0556. The lowest BCUT2D eigenvalue weighted by Gasteiger charge is -2.08. The van der Waals surface area contributed by atoms with E-state index >= 15 is 0 Å². The highest BCUT2D eigenvalue weighted by Crippen LogP contribution is 2.36. The molecule has 24 heavy (non-hydrogen) atoms. The first-order chi connectivity index (χ1) is 11.8. The maximum atomic E-state index is 13.2. The van der Waals surface area contributed by atoms with Crippen LogP contribution in [0.3, 0.4) is 0 Å². The second-order valence-electron chi connectivity index (χ2n) is 5.23. The Morgan fingerprint density at radius 1 is 1.00 bits per heavy atom. The van der Waals surface area contributed by atoms with E-state index in [4.69, 9.17) is 0 Å². The molecule has 3 heterocycles. The summed E-state index contributed by atoms with van der Waals surface area (Å²) >= 11 is 1.55. The Labute approximate surface area is 142 Å². The predicted octanol–water partition coefficient (Wildman–Crippen LogP) is 4.50. The number of thiophene rings is 1. The Bertz CT molecular complexity index is 967. The first-order valence-corrected chi connectivity index (χ1v) is 8.31. The normalized spacial score (nSPS) is 10.9. The van der Waals surface area contributed by atoms with Crippen LogP contribution in [0.2, 0.25) is 0 Å². The molecule has 0 saturated heterocycles. The highest BCUT2D eigenvalue weighted by atomic mass is 32.1. The number of aromatic nitrogens is 3. The van der Waals surface area contributed by atoms with Crippen LogP contribution < -0.4 is 5.32 Å². The van der Waals surface area contributed by atoms with Crippen molar-refractivity contribution >= 4 is 27.4 Å². The van der Waals surface area contributed by atoms with Crippen molar-refractivity contribution in [2.24, 2.45) is 0 Å². The fourth-order valence-electron chi connectivity index (χ4n) is 2.53. The highest BCUT2D eigenvalue weighted by molar-refractivity contribution is 7.17. The molecule has 0 aliphatic rings. The Hall–Kier alpha value is -2.86. The third-order valence-electron chi connectivity index (χ3n) is 3.69. The van der Waals surface area contributed by atoms with E-state index in [0.717, 1.165) is 32.9 Å². The van der Waals surface area contributed by atoms with Crippen LogP contribution in [0.25, 0.3) is 21.3 Å². The highest BCUT2D eigenvalue weighted by Gasteiger charge is 2.13. The second kappa shape index (κ2) is 6.33. The maximum Gasteiger partial charge on any atom is 0.139 e. The topological polar surface area (TPSA) is 50.7 Å². The molecule has 0 saturated carbocycles. The van der Waals surface area contributed by atoms with E-state index in [1.165, 1.54) is 12.1 Å². The van der Waals surface area contributed by atoms with Gasteiger partial charge in [0.15, 0.2) is 0 Å². The van der Waals surface area contributed by atoms with Crippen molar-refractivity contribution in [3.8, 4) is 11.1 Å². The minimum absolute atomic E-state index is 0.247. The molecule has 0 fully saturated rings. The van der Waals surface area contributed by atoms with Crippen molar-refractivity contribution in [3.05, 3.63) is 71.9 Å². The van der Waals surface area contributed by atoms with Gasteiger partial charge in [-0.15, -0.1) is 11.3 Å². The summed E-state index contributed by atoms with van der Waals surface area (Å²) in [7, 11) is 0. The zero-order valence-corrected chi connectivity index (χ0v) is 13.4. The average molecular weight is 336 g/mol. The molecule has 0 spiro atoms. The van der Waals surface area contributed by atoms with E-state index in [-0.39, 0.29) is 5.82 Å². The van der Waals surface area contributed by atoms with E-state index in [9.17, 15) is 4.39 Å². The van der Waals surface area contributed by atoms with Gasteiger partial charge in [0.25, 0.3) is 0 Å². The van der Waals surface area contributed by atoms with E-state index in [2.05, 4.69) is 20.3 Å². The summed E-state index contributed by atoms with van der Waals surface area (Å²) < 4.78 is 13.2. The third-order valence-corrected chi connectivity index (χ3v) is 4.57. The van der Waals surface area contributed by atoms with Crippen LogP contribution in [0.5, 0.6) is 0 Å². The lowest BCUT2D eigenvalue weighted by atomic mass is 10.1. The third kappa shape index (κ3) is 2.83. The van der Waals surface area contributed by atoms with Gasteiger partial charge in [-0.05, 0) is 29.8 Å². The average Bonchev–Trinajstić information content (AvgIpc) is 3.06. The van der Waals surface area contributed by atoms with Crippen LogP contribution in [0.15, 0.2) is 60.4 Å². The number of fused-ring (bicyclic) bond motifs is 1. The van der Waals surface area contributed by atoms with E-state index < -0.39 is 0 Å². The van der Waals surface area contributed by atoms with Crippen LogP contribution in [-0.4, -0.2) is 15.0 Å². The SMILES string of the molecule is Fc1ccc(-c2csc3ncnc(NCc4ccccn4)c23)cc1. The van der Waals surface area contributed by atoms with Crippen LogP contribution >= 0.6 is 11.3 Å². The molecule has 0 radical (unpaired) electrons. The van der Waals surface area contributed by atoms with E-state index in [1.807, 2.05) is 23.6 Å². The standard InChI is InChI=1S/C18H13FN4S/c19-13-6-4-12(5-7-13)15-10-24-18-16(15)17(22-11-23-18)21-9-14-3-1-2-8-20-14/h1-8,10-11H,9H2,(H,21,22,23). The number of halogens is 1. The molecule has 0 bridgehead atoms. The van der Waals surface area contributed by atoms with Crippen LogP contribution in [0.4, 0.5) is 10.2 Å². The van der Waals surface area contributed by atoms with Gasteiger partial charge in [-0.25, -0.2) is 14.4 Å². The Kier molecular flexibility index (Phi) is 3.88. The van der Waals surface area contributed by atoms with Gasteiger partial charge in [-0.3, -0.25) is 4.98 Å². The molecule has 0 unspecified atom stereocenters. The molecule has 1 aromatic carbocycles. The summed E-state index contributed by atoms with van der Waals surface area (Å²) in [4.78, 5) is 13.9. The lowest BCUT2D eigenvalue weighted by Crippen LogP contribution is -2.03. The summed E-state index contributed by atoms with van der Waals surface area (Å²) in [5.41, 5.74) is 2.88. The zero-order chi connectivity index (χ0) is 16.4. The summed E-state index contributed by atoms with van der Waals surface area (Å²) in [6, 6.07) is 12.3. The predicted molar refractivity (Wildman–Crippen MR) is 94.4 cm³/mol. The maximum absolute atomic E-state index is 13.2. The number of anilines is 1. The largest absolute Gasteiger partial charge is 0.364 e. The minimum atomic E-state index is -0.247. The summed E-state index contributed by atoms with van der Waals surface area (Å²) in [5, 5.41) is 6.31. The molecule has 0 aliphatic carbocycles. The van der Waals surface area contributed by atoms with E-state index in [1.54, 1.807) is 36.0 Å². The van der Waals surface area contributed by atoms with Gasteiger partial charge >= 0.3 is 0 Å². The van der Waals surface area contributed by atoms with Crippen molar-refractivity contribution in [1.29, 1.82) is 0 Å². The minimum Gasteiger partial charge on any atom is -0.364 e. The van der Waals surface area contributed by atoms with Gasteiger partial charge in [-0.2, -0.15) is 0 Å². The molecule has 4 rings (SSSR count). The number of benzene rings is 1. The van der Waals surface area contributed by atoms with Crippen molar-refractivity contribution in [3.63, 3.8) is 0 Å². The first kappa shape index (κ1) is 14.7. The van der Waals surface area contributed by atoms with Crippen molar-refractivity contribution in [1.82, 2.24) is 15.0 Å². The molecule has 118 valence electrons. The molecular weight excluding hydrogens is 323 g/mol. The fourth-order valence-corrected chi connectivity index (χ4v) is 3.44. The summed E-state index contributed by atoms with van der Waals surface area (Å²) in [6.45, 7) is 0.575. The zero-order valence-electron chi connectivity index (χ0n) is 12.6. The van der Waals surface area contributed by atoms with Gasteiger partial charge in [0, 0.05) is 17.1 Å². The molecule has 1 N–H and O–H groups in total. The molecule has 4 nitrogen and oxygen atoms in total. The quantitative estimate of drug-likeness (QED) is 0.596. The first-order valence-electron chi connectivity index (χ1n) is 7.43. The van der Waals surface area contributed by atoms with E-state index in [0.29, 0.717) is 6.54 Å². The molecule has 4 aromatic rings. The van der Waals surface area contributed by atoms with Gasteiger partial charge in [0.2, 0.25) is 0 Å². The number of pyridine rings is 1. The Balaban J connectivity index is 1.73. The van der Waals surface area contributed by atoms with Gasteiger partial charge in [0.1, 0.15) is 22.8 Å². The number of nitrogens with one attached hydrogen (secondary N) is 1. The molecular formula is C18H13FN4S. The van der Waals surface area contributed by atoms with Crippen LogP contribution in [0.1, 0.15) is 5.69 Å². The number of nitrogens with zero attached hydrogens (tertiary/aromatic N) is 3. The smallest absolute Gasteiger partial charge is 0.139 e. The Morgan fingerprint density at radius 2 is 1.88 bits per heavy atom. The summed E-state index contributed by atoms with van der Waals surface area (Å²) in [5.74, 6) is 0.509. The van der Waals surface area contributed by atoms with Gasteiger partial charge in [-0.1, -0.05) is 18.2 Å². The number of hydrogen-bond acceptors (Lipinski definition) is 5. The van der Waals surface area contributed by atoms with Gasteiger partial charge in [0.05, 0.1) is 17.6 Å². The number of hydrogen-bond donors (Lipinski definition) is 1. The lowest BCUT2D eigenvalue weighted by molar-refractivity contribution is 0.628. The van der Waals surface area contributed by atoms with Crippen LogP contribution in [-0.2, 0) is 6.54 Å². The van der Waals surface area contributed by atoms with Crippen molar-refractivity contribution < 1.29 is 4.39 Å². The summed E-state index contributed by atoms with van der Waals surface area (Å²) in [6.07, 6.45) is 3.31. The second-order valence-corrected chi connectivity index (χ2v) is 6.09.